The second-order valence-electron chi connectivity index (χ2n) is 5.61. The van der Waals surface area contributed by atoms with E-state index in [0.29, 0.717) is 27.7 Å². The Kier molecular flexibility index (Phi) is 5.03. The number of carbonyl (C=O) groups excluding carboxylic acids is 1. The number of ketones is 1. The molecule has 1 aliphatic rings. The molecule has 0 amide bonds. The molecule has 2 rings (SSSR count). The molecule has 0 aliphatic carbocycles. The summed E-state index contributed by atoms with van der Waals surface area (Å²) in [7, 11) is 0. The maximum Gasteiger partial charge on any atom is 0.158 e. The lowest BCUT2D eigenvalue weighted by atomic mass is 9.64. The first-order chi connectivity index (χ1) is 10.9. The summed E-state index contributed by atoms with van der Waals surface area (Å²) >= 11 is 11.4. The van der Waals surface area contributed by atoms with Gasteiger partial charge in [0.25, 0.3) is 0 Å². The van der Waals surface area contributed by atoms with Gasteiger partial charge in [-0.1, -0.05) is 42.0 Å². The molecule has 0 saturated heterocycles. The number of allylic oxidation sites excluding steroid dienone is 3. The number of rotatable bonds is 4. The van der Waals surface area contributed by atoms with E-state index < -0.39 is 11.3 Å². The fourth-order valence-electron chi connectivity index (χ4n) is 3.12. The number of nitrogens with zero attached hydrogens (tertiary/aromatic N) is 1. The Morgan fingerprint density at radius 1 is 1.52 bits per heavy atom. The van der Waals surface area contributed by atoms with E-state index >= 15 is 0 Å². The SMILES string of the molecule is C=CCC1(C#N)C(=S)NC(C)=C(C(C)=O)C1c1ccc(Cl)cc1. The summed E-state index contributed by atoms with van der Waals surface area (Å²) in [6.45, 7) is 7.07. The summed E-state index contributed by atoms with van der Waals surface area (Å²) in [6.07, 6.45) is 2.02. The standard InChI is InChI=1S/C18H17ClN2OS/c1-4-9-18(10-20)16(13-5-7-14(19)8-6-13)15(12(3)22)11(2)21-17(18)23/h4-8,16H,1,9H2,2-3H3,(H,21,23). The number of hydrogen-bond acceptors (Lipinski definition) is 3. The summed E-state index contributed by atoms with van der Waals surface area (Å²) in [6, 6.07) is 9.53. The van der Waals surface area contributed by atoms with E-state index in [1.165, 1.54) is 6.92 Å². The van der Waals surface area contributed by atoms with Crippen molar-refractivity contribution in [2.45, 2.75) is 26.2 Å². The van der Waals surface area contributed by atoms with Gasteiger partial charge in [-0.25, -0.2) is 0 Å². The molecule has 0 radical (unpaired) electrons. The summed E-state index contributed by atoms with van der Waals surface area (Å²) in [4.78, 5) is 12.7. The van der Waals surface area contributed by atoms with Crippen LogP contribution in [0.4, 0.5) is 0 Å². The van der Waals surface area contributed by atoms with Crippen LogP contribution in [-0.4, -0.2) is 10.8 Å². The molecule has 23 heavy (non-hydrogen) atoms. The molecule has 0 spiro atoms. The molecule has 2 atom stereocenters. The zero-order valence-electron chi connectivity index (χ0n) is 13.0. The van der Waals surface area contributed by atoms with Crippen molar-refractivity contribution in [1.82, 2.24) is 5.32 Å². The fourth-order valence-corrected chi connectivity index (χ4v) is 3.64. The molecule has 5 heteroatoms. The number of nitrogens with one attached hydrogen (secondary N) is 1. The minimum atomic E-state index is -1.04. The van der Waals surface area contributed by atoms with Crippen LogP contribution in [0.5, 0.6) is 0 Å². The lowest BCUT2D eigenvalue weighted by molar-refractivity contribution is -0.114. The van der Waals surface area contributed by atoms with Crippen LogP contribution in [0.15, 0.2) is 48.2 Å². The summed E-state index contributed by atoms with van der Waals surface area (Å²) in [5, 5.41) is 13.6. The summed E-state index contributed by atoms with van der Waals surface area (Å²) in [5.74, 6) is -0.532. The molecular weight excluding hydrogens is 328 g/mol. The number of thiocarbonyl (C=S) groups is 1. The Balaban J connectivity index is 2.77. The molecular formula is C18H17ClN2OS. The second-order valence-corrected chi connectivity index (χ2v) is 6.45. The van der Waals surface area contributed by atoms with Gasteiger partial charge in [0.1, 0.15) is 10.4 Å². The first kappa shape index (κ1) is 17.4. The maximum atomic E-state index is 12.3. The van der Waals surface area contributed by atoms with Gasteiger partial charge in [0.15, 0.2) is 5.78 Å². The van der Waals surface area contributed by atoms with E-state index in [2.05, 4.69) is 18.0 Å². The van der Waals surface area contributed by atoms with Crippen LogP contribution < -0.4 is 5.32 Å². The van der Waals surface area contributed by atoms with Crippen molar-refractivity contribution in [3.8, 4) is 6.07 Å². The van der Waals surface area contributed by atoms with Gasteiger partial charge in [-0.3, -0.25) is 4.79 Å². The quantitative estimate of drug-likeness (QED) is 0.653. The maximum absolute atomic E-state index is 12.3. The highest BCUT2D eigenvalue weighted by Crippen LogP contribution is 2.48. The van der Waals surface area contributed by atoms with E-state index in [0.717, 1.165) is 5.56 Å². The molecule has 1 aromatic carbocycles. The van der Waals surface area contributed by atoms with Crippen LogP contribution in [0.3, 0.4) is 0 Å². The number of Topliss-reactive ketones (excluding diaryl/α,β-unsaturated/α-hetero) is 1. The lowest BCUT2D eigenvalue weighted by Crippen LogP contribution is -2.48. The van der Waals surface area contributed by atoms with Crippen molar-refractivity contribution in [3.63, 3.8) is 0 Å². The van der Waals surface area contributed by atoms with E-state index in [4.69, 9.17) is 23.8 Å². The van der Waals surface area contributed by atoms with Gasteiger partial charge < -0.3 is 5.32 Å². The third-order valence-corrected chi connectivity index (χ3v) is 4.86. The van der Waals surface area contributed by atoms with Crippen molar-refractivity contribution in [1.29, 1.82) is 5.26 Å². The first-order valence-electron chi connectivity index (χ1n) is 7.18. The first-order valence-corrected chi connectivity index (χ1v) is 7.96. The van der Waals surface area contributed by atoms with Gasteiger partial charge in [0.2, 0.25) is 0 Å². The highest BCUT2D eigenvalue weighted by molar-refractivity contribution is 7.80. The van der Waals surface area contributed by atoms with Crippen LogP contribution in [-0.2, 0) is 4.79 Å². The number of nitriles is 1. The Hall–Kier alpha value is -1.96. The molecule has 0 saturated carbocycles. The van der Waals surface area contributed by atoms with Crippen molar-refractivity contribution in [2.24, 2.45) is 5.41 Å². The molecule has 0 bridgehead atoms. The normalized spacial score (nSPS) is 23.9. The highest BCUT2D eigenvalue weighted by Gasteiger charge is 2.49. The Labute approximate surface area is 146 Å². The molecule has 0 aromatic heterocycles. The Morgan fingerprint density at radius 3 is 2.61 bits per heavy atom. The molecule has 1 aromatic rings. The molecule has 3 nitrogen and oxygen atoms in total. The van der Waals surface area contributed by atoms with Gasteiger partial charge in [-0.2, -0.15) is 5.26 Å². The molecule has 2 unspecified atom stereocenters. The van der Waals surface area contributed by atoms with E-state index in [1.807, 2.05) is 12.1 Å². The summed E-state index contributed by atoms with van der Waals surface area (Å²) < 4.78 is 0. The largest absolute Gasteiger partial charge is 0.352 e. The zero-order valence-corrected chi connectivity index (χ0v) is 14.6. The third kappa shape index (κ3) is 2.95. The Bertz CT molecular complexity index is 745. The Morgan fingerprint density at radius 2 is 2.13 bits per heavy atom. The third-order valence-electron chi connectivity index (χ3n) is 4.14. The minimum Gasteiger partial charge on any atom is -0.352 e. The van der Waals surface area contributed by atoms with Gasteiger partial charge in [-0.05, 0) is 38.0 Å². The number of carbonyl (C=O) groups is 1. The average molecular weight is 345 g/mol. The van der Waals surface area contributed by atoms with E-state index in [-0.39, 0.29) is 5.78 Å². The lowest BCUT2D eigenvalue weighted by Gasteiger charge is -2.41. The van der Waals surface area contributed by atoms with E-state index in [1.54, 1.807) is 25.1 Å². The number of hydrogen-bond donors (Lipinski definition) is 1. The topological polar surface area (TPSA) is 52.9 Å². The van der Waals surface area contributed by atoms with Crippen molar-refractivity contribution >= 4 is 34.6 Å². The van der Waals surface area contributed by atoms with Crippen LogP contribution in [0.25, 0.3) is 0 Å². The molecule has 1 aliphatic heterocycles. The predicted octanol–water partition coefficient (Wildman–Crippen LogP) is 4.30. The van der Waals surface area contributed by atoms with Gasteiger partial charge in [-0.15, -0.1) is 6.58 Å². The molecule has 1 N–H and O–H groups in total. The predicted molar refractivity (Wildman–Crippen MR) is 96.2 cm³/mol. The fraction of sp³-hybridized carbons (Fsp3) is 0.278. The van der Waals surface area contributed by atoms with Crippen molar-refractivity contribution < 1.29 is 4.79 Å². The van der Waals surface area contributed by atoms with Crippen molar-refractivity contribution in [2.75, 3.05) is 0 Å². The molecule has 0 fully saturated rings. The van der Waals surface area contributed by atoms with Crippen LogP contribution >= 0.6 is 23.8 Å². The second kappa shape index (κ2) is 6.66. The number of benzene rings is 1. The average Bonchev–Trinajstić information content (AvgIpc) is 2.50. The highest BCUT2D eigenvalue weighted by atomic mass is 35.5. The van der Waals surface area contributed by atoms with Crippen molar-refractivity contribution in [3.05, 3.63) is 58.8 Å². The smallest absolute Gasteiger partial charge is 0.158 e. The van der Waals surface area contributed by atoms with Crippen LogP contribution in [0.1, 0.15) is 31.7 Å². The van der Waals surface area contributed by atoms with Crippen LogP contribution in [0, 0.1) is 16.7 Å². The zero-order chi connectivity index (χ0) is 17.2. The minimum absolute atomic E-state index is 0.0823. The van der Waals surface area contributed by atoms with Crippen LogP contribution in [0.2, 0.25) is 5.02 Å². The monoisotopic (exact) mass is 344 g/mol. The number of halogens is 1. The van der Waals surface area contributed by atoms with Gasteiger partial charge in [0, 0.05) is 22.2 Å². The molecule has 118 valence electrons. The molecule has 1 heterocycles. The van der Waals surface area contributed by atoms with Gasteiger partial charge in [0.05, 0.1) is 6.07 Å². The summed E-state index contributed by atoms with van der Waals surface area (Å²) in [5.41, 5.74) is 1.07. The van der Waals surface area contributed by atoms with E-state index in [9.17, 15) is 10.1 Å². The van der Waals surface area contributed by atoms with Gasteiger partial charge >= 0.3 is 0 Å².